The Kier molecular flexibility index (Phi) is 5.70. The third-order valence-electron chi connectivity index (χ3n) is 5.00. The highest BCUT2D eigenvalue weighted by Crippen LogP contribution is 2.33. The Morgan fingerprint density at radius 1 is 1.05 bits per heavy atom. The summed E-state index contributed by atoms with van der Waals surface area (Å²) in [4.78, 5) is 16.7. The van der Waals surface area contributed by atoms with E-state index in [4.69, 9.17) is 0 Å². The van der Waals surface area contributed by atoms with Gasteiger partial charge in [0.2, 0.25) is 5.91 Å². The van der Waals surface area contributed by atoms with Crippen LogP contribution in [0.15, 0.2) is 0 Å². The smallest absolute Gasteiger partial charge is 0.225 e. The molecule has 1 amide bonds. The van der Waals surface area contributed by atoms with E-state index in [-0.39, 0.29) is 18.5 Å². The summed E-state index contributed by atoms with van der Waals surface area (Å²) in [6.45, 7) is 4.38. The quantitative estimate of drug-likeness (QED) is 0.856. The minimum Gasteiger partial charge on any atom is -0.392 e. The van der Waals surface area contributed by atoms with Crippen LogP contribution in [0.4, 0.5) is 0 Å². The summed E-state index contributed by atoms with van der Waals surface area (Å²) in [5, 5.41) is 9.97. The number of aliphatic hydroxyl groups is 1. The first-order valence-electron chi connectivity index (χ1n) is 7.93. The predicted octanol–water partition coefficient (Wildman–Crippen LogP) is 1.51. The fourth-order valence-corrected chi connectivity index (χ4v) is 3.48. The van der Waals surface area contributed by atoms with E-state index < -0.39 is 0 Å². The van der Waals surface area contributed by atoms with Crippen molar-refractivity contribution in [3.8, 4) is 0 Å². The number of amides is 1. The monoisotopic (exact) mass is 302 g/mol. The van der Waals surface area contributed by atoms with Gasteiger partial charge in [-0.3, -0.25) is 9.69 Å². The van der Waals surface area contributed by atoms with Crippen molar-refractivity contribution in [3.63, 3.8) is 0 Å². The van der Waals surface area contributed by atoms with Gasteiger partial charge in [-0.25, -0.2) is 0 Å². The molecule has 3 fully saturated rings. The molecule has 3 rings (SSSR count). The van der Waals surface area contributed by atoms with Gasteiger partial charge < -0.3 is 10.0 Å². The Bertz CT molecular complexity index is 322. The third-order valence-corrected chi connectivity index (χ3v) is 5.00. The lowest BCUT2D eigenvalue weighted by atomic mass is 10.1. The maximum Gasteiger partial charge on any atom is 0.225 e. The molecule has 1 aliphatic heterocycles. The zero-order valence-electron chi connectivity index (χ0n) is 12.2. The second kappa shape index (κ2) is 7.10. The van der Waals surface area contributed by atoms with Gasteiger partial charge in [0, 0.05) is 38.6 Å². The van der Waals surface area contributed by atoms with E-state index in [1.807, 2.05) is 0 Å². The van der Waals surface area contributed by atoms with Crippen molar-refractivity contribution >= 4 is 18.3 Å². The van der Waals surface area contributed by atoms with E-state index in [1.165, 1.54) is 25.7 Å². The van der Waals surface area contributed by atoms with Crippen LogP contribution in [0.2, 0.25) is 0 Å². The first kappa shape index (κ1) is 16.1. The summed E-state index contributed by atoms with van der Waals surface area (Å²) in [5.41, 5.74) is 0. The zero-order chi connectivity index (χ0) is 13.2. The van der Waals surface area contributed by atoms with E-state index in [1.54, 1.807) is 0 Å². The van der Waals surface area contributed by atoms with E-state index in [0.29, 0.717) is 17.7 Å². The summed E-state index contributed by atoms with van der Waals surface area (Å²) in [5.74, 6) is 1.25. The molecule has 0 aromatic carbocycles. The highest BCUT2D eigenvalue weighted by Gasteiger charge is 2.33. The Hall–Kier alpha value is -0.320. The van der Waals surface area contributed by atoms with E-state index >= 15 is 0 Å². The molecule has 1 N–H and O–H groups in total. The van der Waals surface area contributed by atoms with Crippen LogP contribution >= 0.6 is 12.4 Å². The standard InChI is InChI=1S/C15H26N2O2.ClH/c18-14(12-5-6-12)11-16-7-9-17(10-8-16)15(19)13-3-1-2-4-13;/h12-14,18H,1-11H2;1H. The number of carbonyl (C=O) groups is 1. The summed E-state index contributed by atoms with van der Waals surface area (Å²) < 4.78 is 0. The van der Waals surface area contributed by atoms with Crippen LogP contribution in [-0.2, 0) is 4.79 Å². The van der Waals surface area contributed by atoms with Gasteiger partial charge in [-0.2, -0.15) is 0 Å². The van der Waals surface area contributed by atoms with Crippen LogP contribution < -0.4 is 0 Å². The summed E-state index contributed by atoms with van der Waals surface area (Å²) in [6.07, 6.45) is 6.90. The number of carbonyl (C=O) groups excluding carboxylic acids is 1. The molecule has 4 nitrogen and oxygen atoms in total. The lowest BCUT2D eigenvalue weighted by Crippen LogP contribution is -2.51. The van der Waals surface area contributed by atoms with E-state index in [9.17, 15) is 9.90 Å². The fraction of sp³-hybridized carbons (Fsp3) is 0.933. The van der Waals surface area contributed by atoms with Gasteiger partial charge >= 0.3 is 0 Å². The number of aliphatic hydroxyl groups excluding tert-OH is 1. The maximum absolute atomic E-state index is 12.3. The van der Waals surface area contributed by atoms with Crippen molar-refractivity contribution in [1.82, 2.24) is 9.80 Å². The van der Waals surface area contributed by atoms with Crippen LogP contribution in [0.25, 0.3) is 0 Å². The second-order valence-corrected chi connectivity index (χ2v) is 6.51. The average Bonchev–Trinajstić information content (AvgIpc) is 3.14. The molecule has 0 aromatic rings. The molecule has 0 radical (unpaired) electrons. The highest BCUT2D eigenvalue weighted by molar-refractivity contribution is 5.85. The maximum atomic E-state index is 12.3. The molecule has 0 bridgehead atoms. The van der Waals surface area contributed by atoms with Gasteiger partial charge in [0.25, 0.3) is 0 Å². The van der Waals surface area contributed by atoms with Crippen molar-refractivity contribution < 1.29 is 9.90 Å². The Labute approximate surface area is 127 Å². The molecule has 20 heavy (non-hydrogen) atoms. The molecule has 1 heterocycles. The molecule has 3 aliphatic rings. The molecule has 0 spiro atoms. The number of hydrogen-bond donors (Lipinski definition) is 1. The van der Waals surface area contributed by atoms with Gasteiger partial charge in [0.05, 0.1) is 6.10 Å². The topological polar surface area (TPSA) is 43.8 Å². The average molecular weight is 303 g/mol. The number of β-amino-alcohol motifs (C(OH)–C–C–N with tert-alkyl or cyclic N) is 1. The normalized spacial score (nSPS) is 26.4. The number of halogens is 1. The molecule has 1 saturated heterocycles. The number of hydrogen-bond acceptors (Lipinski definition) is 3. The van der Waals surface area contributed by atoms with Gasteiger partial charge in [-0.1, -0.05) is 12.8 Å². The SMILES string of the molecule is Cl.O=C(C1CCCC1)N1CCN(CC(O)C2CC2)CC1. The first-order chi connectivity index (χ1) is 9.24. The van der Waals surface area contributed by atoms with Gasteiger partial charge in [0.15, 0.2) is 0 Å². The van der Waals surface area contributed by atoms with E-state index in [2.05, 4.69) is 9.80 Å². The van der Waals surface area contributed by atoms with Crippen molar-refractivity contribution in [2.45, 2.75) is 44.6 Å². The zero-order valence-corrected chi connectivity index (χ0v) is 13.0. The Balaban J connectivity index is 0.00000147. The van der Waals surface area contributed by atoms with Crippen molar-refractivity contribution in [2.75, 3.05) is 32.7 Å². The van der Waals surface area contributed by atoms with Crippen molar-refractivity contribution in [2.24, 2.45) is 11.8 Å². The minimum absolute atomic E-state index is 0. The van der Waals surface area contributed by atoms with E-state index in [0.717, 1.165) is 45.6 Å². The lowest BCUT2D eigenvalue weighted by molar-refractivity contribution is -0.137. The molecular weight excluding hydrogens is 276 g/mol. The summed E-state index contributed by atoms with van der Waals surface area (Å²) in [7, 11) is 0. The second-order valence-electron chi connectivity index (χ2n) is 6.51. The molecule has 2 saturated carbocycles. The van der Waals surface area contributed by atoms with Crippen molar-refractivity contribution in [1.29, 1.82) is 0 Å². The summed E-state index contributed by atoms with van der Waals surface area (Å²) in [6, 6.07) is 0. The molecule has 2 aliphatic carbocycles. The van der Waals surface area contributed by atoms with Crippen molar-refractivity contribution in [3.05, 3.63) is 0 Å². The molecule has 116 valence electrons. The molecular formula is C15H27ClN2O2. The van der Waals surface area contributed by atoms with Crippen LogP contribution in [0, 0.1) is 11.8 Å². The third kappa shape index (κ3) is 3.86. The van der Waals surface area contributed by atoms with Crippen LogP contribution in [0.1, 0.15) is 38.5 Å². The number of rotatable bonds is 4. The van der Waals surface area contributed by atoms with Gasteiger partial charge in [-0.05, 0) is 31.6 Å². The fourth-order valence-electron chi connectivity index (χ4n) is 3.48. The molecule has 1 unspecified atom stereocenters. The lowest BCUT2D eigenvalue weighted by Gasteiger charge is -2.36. The predicted molar refractivity (Wildman–Crippen MR) is 81.0 cm³/mol. The highest BCUT2D eigenvalue weighted by atomic mass is 35.5. The molecule has 5 heteroatoms. The molecule has 1 atom stereocenters. The number of piperazine rings is 1. The first-order valence-corrected chi connectivity index (χ1v) is 7.93. The van der Waals surface area contributed by atoms with Crippen LogP contribution in [0.3, 0.4) is 0 Å². The summed E-state index contributed by atoms with van der Waals surface area (Å²) >= 11 is 0. The van der Waals surface area contributed by atoms with Gasteiger partial charge in [0.1, 0.15) is 0 Å². The largest absolute Gasteiger partial charge is 0.392 e. The van der Waals surface area contributed by atoms with Gasteiger partial charge in [-0.15, -0.1) is 12.4 Å². The van der Waals surface area contributed by atoms with Crippen LogP contribution in [0.5, 0.6) is 0 Å². The molecule has 0 aromatic heterocycles. The van der Waals surface area contributed by atoms with Crippen LogP contribution in [-0.4, -0.2) is 59.6 Å². The Morgan fingerprint density at radius 2 is 1.65 bits per heavy atom. The minimum atomic E-state index is -0.142. The Morgan fingerprint density at radius 3 is 2.20 bits per heavy atom. The number of nitrogens with zero attached hydrogens (tertiary/aromatic N) is 2.